The quantitative estimate of drug-likeness (QED) is 0.114. The lowest BCUT2D eigenvalue weighted by molar-refractivity contribution is 0.0746. The molecule has 4 aromatic rings. The number of halogens is 1. The molecule has 2 aliphatic heterocycles. The van der Waals surface area contributed by atoms with Gasteiger partial charge in [0.25, 0.3) is 5.91 Å². The number of anilines is 3. The Labute approximate surface area is 280 Å². The molecule has 0 bridgehead atoms. The Morgan fingerprint density at radius 2 is 1.54 bits per heavy atom. The summed E-state index contributed by atoms with van der Waals surface area (Å²) in [6.07, 6.45) is 0. The van der Waals surface area contributed by atoms with Gasteiger partial charge in [-0.25, -0.2) is 9.97 Å². The van der Waals surface area contributed by atoms with Crippen LogP contribution >= 0.6 is 23.4 Å². The number of aromatic nitrogens is 2. The molecule has 3 aromatic carbocycles. The molecule has 0 saturated carbocycles. The largest absolute Gasteiger partial charge is 0.497 e. The molecule has 0 spiro atoms. The van der Waals surface area contributed by atoms with Crippen LogP contribution in [0.4, 0.5) is 17.2 Å². The number of piperazine rings is 2. The number of thioether (sulfide) groups is 1. The van der Waals surface area contributed by atoms with Crippen LogP contribution in [0.3, 0.4) is 0 Å². The second kappa shape index (κ2) is 15.0. The fourth-order valence-corrected chi connectivity index (χ4v) is 6.89. The maximum atomic E-state index is 13.5. The average molecular weight is 659 g/mol. The maximum Gasteiger partial charge on any atom is 0.253 e. The number of rotatable bonds is 10. The summed E-state index contributed by atoms with van der Waals surface area (Å²) in [6.45, 7) is 8.89. The van der Waals surface area contributed by atoms with E-state index in [4.69, 9.17) is 26.1 Å². The van der Waals surface area contributed by atoms with Gasteiger partial charge in [-0.3, -0.25) is 4.79 Å². The second-order valence-electron chi connectivity index (χ2n) is 11.2. The van der Waals surface area contributed by atoms with Crippen LogP contribution in [-0.2, 0) is 5.75 Å². The first-order chi connectivity index (χ1) is 22.5. The molecule has 11 heteroatoms. The number of carbonyl (C=O) groups excluding carboxylic acids is 1. The van der Waals surface area contributed by atoms with Crippen LogP contribution in [0.2, 0.25) is 5.15 Å². The summed E-state index contributed by atoms with van der Waals surface area (Å²) in [5.41, 5.74) is 4.00. The Balaban J connectivity index is 1.03. The van der Waals surface area contributed by atoms with Gasteiger partial charge in [0.1, 0.15) is 22.5 Å². The van der Waals surface area contributed by atoms with Crippen molar-refractivity contribution >= 4 is 46.5 Å². The Hall–Kier alpha value is -4.15. The number of hydrogen-bond donors (Lipinski definition) is 0. The molecule has 6 rings (SSSR count). The summed E-state index contributed by atoms with van der Waals surface area (Å²) in [5.74, 6) is 3.27. The van der Waals surface area contributed by atoms with E-state index in [1.54, 1.807) is 7.11 Å². The zero-order valence-electron chi connectivity index (χ0n) is 26.3. The minimum absolute atomic E-state index is 0.0552. The predicted molar refractivity (Wildman–Crippen MR) is 186 cm³/mol. The molecule has 1 aromatic heterocycles. The fourth-order valence-electron chi connectivity index (χ4n) is 5.87. The highest BCUT2D eigenvalue weighted by Gasteiger charge is 2.24. The van der Waals surface area contributed by atoms with Crippen molar-refractivity contribution in [3.05, 3.63) is 95.1 Å². The molecule has 3 heterocycles. The third-order valence-electron chi connectivity index (χ3n) is 8.32. The summed E-state index contributed by atoms with van der Waals surface area (Å²) >= 11 is 7.98. The van der Waals surface area contributed by atoms with E-state index in [-0.39, 0.29) is 5.91 Å². The summed E-state index contributed by atoms with van der Waals surface area (Å²) in [5, 5.41) is 1.05. The van der Waals surface area contributed by atoms with Crippen LogP contribution in [0.15, 0.2) is 84.0 Å². The first kappa shape index (κ1) is 31.8. The van der Waals surface area contributed by atoms with Gasteiger partial charge in [0.15, 0.2) is 5.16 Å². The van der Waals surface area contributed by atoms with Gasteiger partial charge in [-0.1, -0.05) is 47.6 Å². The van der Waals surface area contributed by atoms with E-state index in [2.05, 4.69) is 37.9 Å². The monoisotopic (exact) mass is 658 g/mol. The normalized spacial score (nSPS) is 15.2. The fraction of sp³-hybridized carbons (Fsp3) is 0.343. The van der Waals surface area contributed by atoms with Crippen molar-refractivity contribution < 1.29 is 14.3 Å². The molecule has 1 amide bonds. The first-order valence-corrected chi connectivity index (χ1v) is 17.0. The van der Waals surface area contributed by atoms with Crippen LogP contribution in [-0.4, -0.2) is 86.8 Å². The SMILES string of the molecule is CCOc1ccccc1N1CCN(C(=O)c2cccc(CSc3nc(Cl)cc(N4CCN(c5ccc(OC)cc5)CC4)n3)c2)CC1. The van der Waals surface area contributed by atoms with Gasteiger partial charge in [-0.15, -0.1) is 0 Å². The van der Waals surface area contributed by atoms with Crippen LogP contribution in [0.5, 0.6) is 11.5 Å². The molecule has 0 atom stereocenters. The van der Waals surface area contributed by atoms with E-state index in [0.29, 0.717) is 41.3 Å². The molecule has 240 valence electrons. The zero-order valence-corrected chi connectivity index (χ0v) is 27.8. The summed E-state index contributed by atoms with van der Waals surface area (Å²) < 4.78 is 11.1. The molecule has 0 aliphatic carbocycles. The van der Waals surface area contributed by atoms with Crippen molar-refractivity contribution in [1.82, 2.24) is 14.9 Å². The third-order valence-corrected chi connectivity index (χ3v) is 9.43. The van der Waals surface area contributed by atoms with Gasteiger partial charge in [-0.05, 0) is 61.0 Å². The van der Waals surface area contributed by atoms with E-state index < -0.39 is 0 Å². The second-order valence-corrected chi connectivity index (χ2v) is 12.5. The number of amides is 1. The molecular formula is C35H39ClN6O3S. The van der Waals surface area contributed by atoms with Gasteiger partial charge < -0.3 is 29.1 Å². The highest BCUT2D eigenvalue weighted by atomic mass is 35.5. The smallest absolute Gasteiger partial charge is 0.253 e. The highest BCUT2D eigenvalue weighted by molar-refractivity contribution is 7.98. The molecule has 9 nitrogen and oxygen atoms in total. The maximum absolute atomic E-state index is 13.5. The van der Waals surface area contributed by atoms with Crippen molar-refractivity contribution in [3.8, 4) is 11.5 Å². The van der Waals surface area contributed by atoms with Crippen LogP contribution in [0, 0.1) is 0 Å². The topological polar surface area (TPSA) is 74.3 Å². The number of benzene rings is 3. The minimum Gasteiger partial charge on any atom is -0.497 e. The molecule has 0 radical (unpaired) electrons. The van der Waals surface area contributed by atoms with Crippen molar-refractivity contribution in [2.75, 3.05) is 80.8 Å². The van der Waals surface area contributed by atoms with Gasteiger partial charge in [0.05, 0.1) is 19.4 Å². The van der Waals surface area contributed by atoms with Crippen molar-refractivity contribution in [2.45, 2.75) is 17.8 Å². The Bertz CT molecular complexity index is 1630. The van der Waals surface area contributed by atoms with E-state index in [1.807, 2.05) is 72.5 Å². The minimum atomic E-state index is 0.0552. The van der Waals surface area contributed by atoms with Gasteiger partial charge in [0.2, 0.25) is 0 Å². The van der Waals surface area contributed by atoms with E-state index >= 15 is 0 Å². The lowest BCUT2D eigenvalue weighted by atomic mass is 10.1. The van der Waals surface area contributed by atoms with Crippen LogP contribution in [0.25, 0.3) is 0 Å². The molecule has 0 unspecified atom stereocenters. The van der Waals surface area contributed by atoms with Gasteiger partial charge in [0, 0.05) is 75.4 Å². The molecule has 0 N–H and O–H groups in total. The molecular weight excluding hydrogens is 620 g/mol. The Kier molecular flexibility index (Phi) is 10.3. The van der Waals surface area contributed by atoms with Gasteiger partial charge in [-0.2, -0.15) is 0 Å². The number of para-hydroxylation sites is 2. The van der Waals surface area contributed by atoms with E-state index in [9.17, 15) is 4.79 Å². The molecule has 2 saturated heterocycles. The third kappa shape index (κ3) is 7.62. The first-order valence-electron chi connectivity index (χ1n) is 15.7. The number of hydrogen-bond acceptors (Lipinski definition) is 9. The number of methoxy groups -OCH3 is 1. The predicted octanol–water partition coefficient (Wildman–Crippen LogP) is 6.12. The van der Waals surface area contributed by atoms with Crippen molar-refractivity contribution in [1.29, 1.82) is 0 Å². The molecule has 2 aliphatic rings. The number of carbonyl (C=O) groups is 1. The lowest BCUT2D eigenvalue weighted by Crippen LogP contribution is -2.48. The molecule has 2 fully saturated rings. The zero-order chi connectivity index (χ0) is 31.9. The number of ether oxygens (including phenoxy) is 2. The van der Waals surface area contributed by atoms with Crippen molar-refractivity contribution in [2.24, 2.45) is 0 Å². The van der Waals surface area contributed by atoms with Crippen LogP contribution in [0.1, 0.15) is 22.8 Å². The van der Waals surface area contributed by atoms with E-state index in [1.165, 1.54) is 17.4 Å². The number of nitrogens with zero attached hydrogens (tertiary/aromatic N) is 6. The lowest BCUT2D eigenvalue weighted by Gasteiger charge is -2.36. The van der Waals surface area contributed by atoms with E-state index in [0.717, 1.165) is 67.8 Å². The van der Waals surface area contributed by atoms with Crippen molar-refractivity contribution in [3.63, 3.8) is 0 Å². The summed E-state index contributed by atoms with van der Waals surface area (Å²) in [7, 11) is 1.68. The highest BCUT2D eigenvalue weighted by Crippen LogP contribution is 2.30. The summed E-state index contributed by atoms with van der Waals surface area (Å²) in [6, 6.07) is 26.0. The Morgan fingerprint density at radius 3 is 2.28 bits per heavy atom. The Morgan fingerprint density at radius 1 is 0.826 bits per heavy atom. The van der Waals surface area contributed by atoms with Gasteiger partial charge >= 0.3 is 0 Å². The standard InChI is InChI=1S/C35H39ClN6O3S/c1-3-45-31-10-5-4-9-30(31)40-17-21-42(22-18-40)34(43)27-8-6-7-26(23-27)25-46-35-37-32(36)24-33(38-35)41-19-15-39(16-20-41)28-11-13-29(44-2)14-12-28/h4-14,23-24H,3,15-22,25H2,1-2H3. The summed E-state index contributed by atoms with van der Waals surface area (Å²) in [4.78, 5) is 31.6. The van der Waals surface area contributed by atoms with Crippen LogP contribution < -0.4 is 24.2 Å². The molecule has 46 heavy (non-hydrogen) atoms. The average Bonchev–Trinajstić information content (AvgIpc) is 3.11.